The molecule has 1 aromatic heterocycles. The van der Waals surface area contributed by atoms with E-state index in [9.17, 15) is 22.8 Å². The number of methoxy groups -OCH3 is 1. The normalized spacial score (nSPS) is 19.9. The molecule has 0 unspecified atom stereocenters. The van der Waals surface area contributed by atoms with Crippen molar-refractivity contribution in [3.8, 4) is 0 Å². The molecule has 4 rings (SSSR count). The zero-order chi connectivity index (χ0) is 21.8. The van der Waals surface area contributed by atoms with Crippen LogP contribution in [0.4, 0.5) is 13.2 Å². The second-order valence-electron chi connectivity index (χ2n) is 7.64. The molecular formula is C20H17ClF3IN2O3. The molecule has 0 N–H and O–H groups in total. The van der Waals surface area contributed by atoms with E-state index in [4.69, 9.17) is 16.3 Å². The quantitative estimate of drug-likeness (QED) is 0.409. The lowest BCUT2D eigenvalue weighted by atomic mass is 9.87. The summed E-state index contributed by atoms with van der Waals surface area (Å²) in [5.41, 5.74) is -1.01. The van der Waals surface area contributed by atoms with Crippen LogP contribution in [0.1, 0.15) is 46.4 Å². The molecule has 0 saturated heterocycles. The molecule has 10 heteroatoms. The van der Waals surface area contributed by atoms with Crippen LogP contribution in [0.3, 0.4) is 0 Å². The zero-order valence-electron chi connectivity index (χ0n) is 15.9. The molecule has 1 heterocycles. The second-order valence-corrected chi connectivity index (χ2v) is 9.07. The topological polar surface area (TPSA) is 61.2 Å². The largest absolute Gasteiger partial charge is 0.469 e. The molecular weight excluding hydrogens is 536 g/mol. The zero-order valence-corrected chi connectivity index (χ0v) is 18.8. The number of rotatable bonds is 3. The molecule has 5 nitrogen and oxygen atoms in total. The van der Waals surface area contributed by atoms with Crippen LogP contribution in [0.5, 0.6) is 0 Å². The van der Waals surface area contributed by atoms with E-state index < -0.39 is 23.4 Å². The van der Waals surface area contributed by atoms with Gasteiger partial charge < -0.3 is 4.74 Å². The van der Waals surface area contributed by atoms with Gasteiger partial charge in [0, 0.05) is 12.0 Å². The SMILES string of the molecule is COC(=O)[C@@H]1CCc2c(I)nn(C(=O)c3c(Cl)cccc3C3(C(F)(F)F)CC3)c2C1. The molecule has 1 atom stereocenters. The Hall–Kier alpha value is -1.62. The smallest absolute Gasteiger partial charge is 0.398 e. The Kier molecular flexibility index (Phi) is 5.41. The molecule has 2 aliphatic rings. The van der Waals surface area contributed by atoms with Crippen LogP contribution < -0.4 is 0 Å². The lowest BCUT2D eigenvalue weighted by molar-refractivity contribution is -0.160. The molecule has 0 bridgehead atoms. The van der Waals surface area contributed by atoms with E-state index in [1.807, 2.05) is 22.6 Å². The van der Waals surface area contributed by atoms with Gasteiger partial charge in [-0.25, -0.2) is 0 Å². The molecule has 0 spiro atoms. The van der Waals surface area contributed by atoms with E-state index in [1.54, 1.807) is 0 Å². The van der Waals surface area contributed by atoms with Crippen molar-refractivity contribution in [2.24, 2.45) is 5.92 Å². The lowest BCUT2D eigenvalue weighted by Crippen LogP contribution is -2.32. The highest BCUT2D eigenvalue weighted by molar-refractivity contribution is 14.1. The number of fused-ring (bicyclic) bond motifs is 1. The molecule has 0 amide bonds. The van der Waals surface area contributed by atoms with Crippen molar-refractivity contribution in [2.45, 2.75) is 43.7 Å². The Morgan fingerprint density at radius 1 is 1.33 bits per heavy atom. The summed E-state index contributed by atoms with van der Waals surface area (Å²) < 4.78 is 47.9. The maximum Gasteiger partial charge on any atom is 0.398 e. The van der Waals surface area contributed by atoms with Crippen LogP contribution in [-0.4, -0.2) is 34.9 Å². The molecule has 160 valence electrons. The summed E-state index contributed by atoms with van der Waals surface area (Å²) in [4.78, 5) is 25.5. The fourth-order valence-electron chi connectivity index (χ4n) is 4.18. The van der Waals surface area contributed by atoms with E-state index in [0.717, 1.165) is 10.2 Å². The molecule has 30 heavy (non-hydrogen) atoms. The highest BCUT2D eigenvalue weighted by Gasteiger charge is 2.65. The van der Waals surface area contributed by atoms with Crippen molar-refractivity contribution in [3.63, 3.8) is 0 Å². The van der Waals surface area contributed by atoms with E-state index in [0.29, 0.717) is 22.2 Å². The standard InChI is InChI=1S/C20H17ClF3IN2O3/c1-30-18(29)10-5-6-11-14(9-10)27(26-16(11)25)17(28)15-12(3-2-4-13(15)21)19(7-8-19)20(22,23)24/h2-4,10H,5-9H2,1H3/t10-/m1/s1. The van der Waals surface area contributed by atoms with E-state index in [-0.39, 0.29) is 41.4 Å². The Labute approximate surface area is 189 Å². The first-order chi connectivity index (χ1) is 14.1. The number of esters is 1. The highest BCUT2D eigenvalue weighted by atomic mass is 127. The van der Waals surface area contributed by atoms with Crippen LogP contribution in [-0.2, 0) is 27.8 Å². The molecule has 1 saturated carbocycles. The van der Waals surface area contributed by atoms with Crippen LogP contribution in [0, 0.1) is 9.62 Å². The minimum Gasteiger partial charge on any atom is -0.469 e. The van der Waals surface area contributed by atoms with E-state index in [2.05, 4.69) is 5.10 Å². The highest BCUT2D eigenvalue weighted by Crippen LogP contribution is 2.60. The van der Waals surface area contributed by atoms with Crippen molar-refractivity contribution < 1.29 is 27.5 Å². The third-order valence-corrected chi connectivity index (χ3v) is 7.17. The van der Waals surface area contributed by atoms with Crippen molar-refractivity contribution in [1.82, 2.24) is 9.78 Å². The maximum atomic E-state index is 13.8. The number of carbonyl (C=O) groups is 2. The number of benzene rings is 1. The van der Waals surface area contributed by atoms with Crippen LogP contribution in [0.25, 0.3) is 0 Å². The Morgan fingerprint density at radius 3 is 2.63 bits per heavy atom. The number of hydrogen-bond donors (Lipinski definition) is 0. The van der Waals surface area contributed by atoms with Gasteiger partial charge in [0.05, 0.1) is 34.7 Å². The van der Waals surface area contributed by atoms with Gasteiger partial charge in [0.25, 0.3) is 5.91 Å². The third-order valence-electron chi connectivity index (χ3n) is 5.99. The minimum absolute atomic E-state index is 0.0485. The van der Waals surface area contributed by atoms with Crippen molar-refractivity contribution in [2.75, 3.05) is 7.11 Å². The van der Waals surface area contributed by atoms with Crippen LogP contribution in [0.2, 0.25) is 5.02 Å². The number of aromatic nitrogens is 2. The van der Waals surface area contributed by atoms with Gasteiger partial charge in [-0.15, -0.1) is 0 Å². The first-order valence-electron chi connectivity index (χ1n) is 9.35. The number of nitrogens with zero attached hydrogens (tertiary/aromatic N) is 2. The second kappa shape index (κ2) is 7.51. The predicted octanol–water partition coefficient (Wildman–Crippen LogP) is 4.70. The van der Waals surface area contributed by atoms with Crippen molar-refractivity contribution >= 4 is 46.1 Å². The van der Waals surface area contributed by atoms with Gasteiger partial charge in [-0.2, -0.15) is 23.0 Å². The number of hydrogen-bond acceptors (Lipinski definition) is 4. The number of halogens is 5. The van der Waals surface area contributed by atoms with E-state index in [1.165, 1.54) is 25.3 Å². The van der Waals surface area contributed by atoms with Crippen LogP contribution >= 0.6 is 34.2 Å². The third kappa shape index (κ3) is 3.34. The molecule has 1 fully saturated rings. The summed E-state index contributed by atoms with van der Waals surface area (Å²) in [6.07, 6.45) is -3.34. The van der Waals surface area contributed by atoms with Gasteiger partial charge in [-0.05, 0) is 59.9 Å². The maximum absolute atomic E-state index is 13.8. The summed E-state index contributed by atoms with van der Waals surface area (Å²) in [6.45, 7) is 0. The molecule has 2 aromatic rings. The van der Waals surface area contributed by atoms with Gasteiger partial charge in [-0.3, -0.25) is 9.59 Å². The first-order valence-corrected chi connectivity index (χ1v) is 10.8. The Balaban J connectivity index is 1.81. The fourth-order valence-corrected chi connectivity index (χ4v) is 5.23. The average Bonchev–Trinajstić information content (AvgIpc) is 3.46. The Bertz CT molecular complexity index is 1050. The molecule has 1 aromatic carbocycles. The van der Waals surface area contributed by atoms with E-state index >= 15 is 0 Å². The van der Waals surface area contributed by atoms with Crippen LogP contribution in [0.15, 0.2) is 18.2 Å². The minimum atomic E-state index is -4.49. The van der Waals surface area contributed by atoms with Crippen molar-refractivity contribution in [1.29, 1.82) is 0 Å². The predicted molar refractivity (Wildman–Crippen MR) is 111 cm³/mol. The lowest BCUT2D eigenvalue weighted by Gasteiger charge is -2.24. The first kappa shape index (κ1) is 21.6. The monoisotopic (exact) mass is 552 g/mol. The average molecular weight is 553 g/mol. The summed E-state index contributed by atoms with van der Waals surface area (Å²) in [6, 6.07) is 4.15. The fraction of sp³-hybridized carbons (Fsp3) is 0.450. The molecule has 0 aliphatic heterocycles. The van der Waals surface area contributed by atoms with Gasteiger partial charge >= 0.3 is 12.1 Å². The summed E-state index contributed by atoms with van der Waals surface area (Å²) in [7, 11) is 1.30. The van der Waals surface area contributed by atoms with Gasteiger partial charge in [-0.1, -0.05) is 23.7 Å². The number of carbonyl (C=O) groups excluding carboxylic acids is 2. The Morgan fingerprint density at radius 2 is 2.03 bits per heavy atom. The molecule has 0 radical (unpaired) electrons. The summed E-state index contributed by atoms with van der Waals surface area (Å²) in [5, 5.41) is 4.25. The number of alkyl halides is 3. The van der Waals surface area contributed by atoms with Crippen molar-refractivity contribution in [3.05, 3.63) is 49.3 Å². The summed E-state index contributed by atoms with van der Waals surface area (Å²) >= 11 is 8.24. The van der Waals surface area contributed by atoms with Gasteiger partial charge in [0.1, 0.15) is 3.70 Å². The molecule has 2 aliphatic carbocycles. The number of ether oxygens (including phenoxy) is 1. The summed E-state index contributed by atoms with van der Waals surface area (Å²) in [5.74, 6) is -1.53. The van der Waals surface area contributed by atoms with Gasteiger partial charge in [0.2, 0.25) is 0 Å². The van der Waals surface area contributed by atoms with Gasteiger partial charge in [0.15, 0.2) is 0 Å².